The first-order chi connectivity index (χ1) is 12.4. The Morgan fingerprint density at radius 3 is 2.65 bits per heavy atom. The second-order valence-corrected chi connectivity index (χ2v) is 6.02. The highest BCUT2D eigenvalue weighted by atomic mass is 19.4. The van der Waals surface area contributed by atoms with E-state index in [1.807, 2.05) is 0 Å². The van der Waals surface area contributed by atoms with Crippen LogP contribution >= 0.6 is 0 Å². The van der Waals surface area contributed by atoms with E-state index in [0.29, 0.717) is 12.2 Å². The van der Waals surface area contributed by atoms with Crippen molar-refractivity contribution in [3.8, 4) is 5.75 Å². The van der Waals surface area contributed by atoms with Crippen LogP contribution in [-0.4, -0.2) is 23.2 Å². The molecule has 0 unspecified atom stereocenters. The summed E-state index contributed by atoms with van der Waals surface area (Å²) in [5, 5.41) is 0. The maximum absolute atomic E-state index is 13.0. The van der Waals surface area contributed by atoms with Gasteiger partial charge in [-0.2, -0.15) is 13.2 Å². The molecule has 0 saturated heterocycles. The van der Waals surface area contributed by atoms with Crippen LogP contribution in [0, 0.1) is 0 Å². The molecule has 26 heavy (non-hydrogen) atoms. The van der Waals surface area contributed by atoms with Gasteiger partial charge in [0.05, 0.1) is 12.2 Å². The fourth-order valence-electron chi connectivity index (χ4n) is 2.88. The number of hydrogen-bond acceptors (Lipinski definition) is 4. The number of carbonyl (C=O) groups excluding carboxylic acids is 2. The zero-order valence-electron chi connectivity index (χ0n) is 13.8. The molecule has 0 N–H and O–H groups in total. The smallest absolute Gasteiger partial charge is 0.418 e. The lowest BCUT2D eigenvalue weighted by atomic mass is 9.98. The van der Waals surface area contributed by atoms with Crippen LogP contribution in [0.5, 0.6) is 5.75 Å². The quantitative estimate of drug-likeness (QED) is 0.745. The van der Waals surface area contributed by atoms with Crippen molar-refractivity contribution in [3.05, 3.63) is 58.9 Å². The van der Waals surface area contributed by atoms with Gasteiger partial charge in [-0.1, -0.05) is 0 Å². The Hall–Kier alpha value is -2.70. The molecule has 1 aliphatic rings. The molecule has 0 saturated carbocycles. The summed E-state index contributed by atoms with van der Waals surface area (Å²) in [6.45, 7) is 0.639. The van der Waals surface area contributed by atoms with E-state index in [-0.39, 0.29) is 18.6 Å². The van der Waals surface area contributed by atoms with Gasteiger partial charge in [-0.15, -0.1) is 0 Å². The summed E-state index contributed by atoms with van der Waals surface area (Å²) in [4.78, 5) is 28.0. The maximum Gasteiger partial charge on any atom is 0.418 e. The van der Waals surface area contributed by atoms with E-state index in [2.05, 4.69) is 4.98 Å². The Morgan fingerprint density at radius 1 is 1.12 bits per heavy atom. The number of aromatic nitrogens is 1. The Kier molecular flexibility index (Phi) is 5.06. The minimum absolute atomic E-state index is 0.174. The summed E-state index contributed by atoms with van der Waals surface area (Å²) < 4.78 is 44.4. The maximum atomic E-state index is 13.0. The Bertz CT molecular complexity index is 846. The summed E-state index contributed by atoms with van der Waals surface area (Å²) >= 11 is 0. The van der Waals surface area contributed by atoms with Crippen LogP contribution in [0.3, 0.4) is 0 Å². The number of ketones is 2. The highest BCUT2D eigenvalue weighted by Crippen LogP contribution is 2.31. The number of ether oxygens (including phenoxy) is 1. The first kappa shape index (κ1) is 18.1. The molecule has 1 aliphatic heterocycles. The molecule has 2 aromatic rings. The highest BCUT2D eigenvalue weighted by molar-refractivity contribution is 6.02. The van der Waals surface area contributed by atoms with Crippen molar-refractivity contribution in [2.75, 3.05) is 6.61 Å². The number of Topliss-reactive ketones (excluding diaryl/α,β-unsaturated/α-hetero) is 2. The average molecular weight is 363 g/mol. The van der Waals surface area contributed by atoms with Gasteiger partial charge in [0.1, 0.15) is 11.4 Å². The van der Waals surface area contributed by atoms with Gasteiger partial charge in [-0.05, 0) is 48.7 Å². The summed E-state index contributed by atoms with van der Waals surface area (Å²) in [5.41, 5.74) is -0.369. The number of benzene rings is 1. The molecule has 0 amide bonds. The molecule has 0 bridgehead atoms. The molecule has 1 aromatic heterocycles. The van der Waals surface area contributed by atoms with Crippen molar-refractivity contribution in [1.82, 2.24) is 4.98 Å². The second-order valence-electron chi connectivity index (χ2n) is 6.02. The predicted octanol–water partition coefficient (Wildman–Crippen LogP) is 4.27. The van der Waals surface area contributed by atoms with E-state index < -0.39 is 23.2 Å². The minimum atomic E-state index is -4.66. The van der Waals surface area contributed by atoms with Crippen molar-refractivity contribution in [2.24, 2.45) is 0 Å². The lowest BCUT2D eigenvalue weighted by molar-refractivity contribution is -0.138. The molecule has 0 radical (unpaired) electrons. The predicted molar refractivity (Wildman–Crippen MR) is 87.4 cm³/mol. The molecule has 1 aromatic carbocycles. The zero-order valence-corrected chi connectivity index (χ0v) is 13.8. The first-order valence-corrected chi connectivity index (χ1v) is 8.20. The summed E-state index contributed by atoms with van der Waals surface area (Å²) in [6.07, 6.45) is -2.37. The molecule has 3 rings (SSSR count). The van der Waals surface area contributed by atoms with Gasteiger partial charge in [-0.3, -0.25) is 14.6 Å². The first-order valence-electron chi connectivity index (χ1n) is 8.20. The lowest BCUT2D eigenvalue weighted by Crippen LogP contribution is -2.16. The van der Waals surface area contributed by atoms with Crippen molar-refractivity contribution in [2.45, 2.75) is 31.9 Å². The van der Waals surface area contributed by atoms with Crippen LogP contribution in [0.2, 0.25) is 0 Å². The monoisotopic (exact) mass is 363 g/mol. The molecular weight excluding hydrogens is 347 g/mol. The molecule has 2 heterocycles. The van der Waals surface area contributed by atoms with Gasteiger partial charge in [0, 0.05) is 24.6 Å². The van der Waals surface area contributed by atoms with Crippen molar-refractivity contribution >= 4 is 11.6 Å². The van der Waals surface area contributed by atoms with Crippen LogP contribution in [0.15, 0.2) is 36.5 Å². The third-order valence-electron chi connectivity index (χ3n) is 4.19. The van der Waals surface area contributed by atoms with Crippen LogP contribution in [0.1, 0.15) is 51.2 Å². The van der Waals surface area contributed by atoms with E-state index in [9.17, 15) is 22.8 Å². The SMILES string of the molecule is O=C(CCC(=O)c1ncccc1C(F)(F)F)c1ccc2c(c1)CCCO2. The summed E-state index contributed by atoms with van der Waals surface area (Å²) in [6, 6.07) is 6.98. The summed E-state index contributed by atoms with van der Waals surface area (Å²) in [7, 11) is 0. The van der Waals surface area contributed by atoms with Crippen molar-refractivity contribution in [3.63, 3.8) is 0 Å². The van der Waals surface area contributed by atoms with Gasteiger partial charge < -0.3 is 4.74 Å². The summed E-state index contributed by atoms with van der Waals surface area (Å²) in [5.74, 6) is -0.351. The van der Waals surface area contributed by atoms with Crippen molar-refractivity contribution < 1.29 is 27.5 Å². The molecule has 0 fully saturated rings. The number of alkyl halides is 3. The molecule has 4 nitrogen and oxygen atoms in total. The Labute approximate surface area is 148 Å². The molecular formula is C19H16F3NO3. The van der Waals surface area contributed by atoms with Crippen LogP contribution in [0.25, 0.3) is 0 Å². The fourth-order valence-corrected chi connectivity index (χ4v) is 2.88. The largest absolute Gasteiger partial charge is 0.493 e. The number of carbonyl (C=O) groups is 2. The second kappa shape index (κ2) is 7.27. The third-order valence-corrected chi connectivity index (χ3v) is 4.19. The van der Waals surface area contributed by atoms with Gasteiger partial charge in [0.25, 0.3) is 0 Å². The van der Waals surface area contributed by atoms with E-state index >= 15 is 0 Å². The van der Waals surface area contributed by atoms with Crippen LogP contribution in [-0.2, 0) is 12.6 Å². The molecule has 0 atom stereocenters. The fraction of sp³-hybridized carbons (Fsp3) is 0.316. The Balaban J connectivity index is 1.70. The third kappa shape index (κ3) is 3.92. The minimum Gasteiger partial charge on any atom is -0.493 e. The number of fused-ring (bicyclic) bond motifs is 1. The normalized spacial score (nSPS) is 13.7. The molecule has 136 valence electrons. The molecule has 0 aliphatic carbocycles. The van der Waals surface area contributed by atoms with Gasteiger partial charge in [-0.25, -0.2) is 0 Å². The highest BCUT2D eigenvalue weighted by Gasteiger charge is 2.35. The van der Waals surface area contributed by atoms with Crippen molar-refractivity contribution in [1.29, 1.82) is 0 Å². The van der Waals surface area contributed by atoms with Crippen LogP contribution < -0.4 is 4.74 Å². The molecule has 7 heteroatoms. The average Bonchev–Trinajstić information content (AvgIpc) is 2.64. The van der Waals surface area contributed by atoms with E-state index in [1.54, 1.807) is 18.2 Å². The van der Waals surface area contributed by atoms with Gasteiger partial charge >= 0.3 is 6.18 Å². The number of nitrogens with zero attached hydrogens (tertiary/aromatic N) is 1. The zero-order chi connectivity index (χ0) is 18.7. The van der Waals surface area contributed by atoms with Crippen LogP contribution in [0.4, 0.5) is 13.2 Å². The van der Waals surface area contributed by atoms with Gasteiger partial charge in [0.15, 0.2) is 11.6 Å². The van der Waals surface area contributed by atoms with E-state index in [0.717, 1.165) is 42.5 Å². The Morgan fingerprint density at radius 2 is 1.88 bits per heavy atom. The number of aryl methyl sites for hydroxylation is 1. The lowest BCUT2D eigenvalue weighted by Gasteiger charge is -2.17. The number of pyridine rings is 1. The number of rotatable bonds is 5. The number of halogens is 3. The standard InChI is InChI=1S/C19H16F3NO3/c20-19(21,22)14-4-1-9-23-18(14)16(25)7-6-15(24)12-5-8-17-13(11-12)3-2-10-26-17/h1,4-5,8-9,11H,2-3,6-7,10H2. The topological polar surface area (TPSA) is 56.3 Å². The van der Waals surface area contributed by atoms with E-state index in [1.165, 1.54) is 0 Å². The molecule has 0 spiro atoms. The van der Waals surface area contributed by atoms with Gasteiger partial charge in [0.2, 0.25) is 0 Å². The van der Waals surface area contributed by atoms with E-state index in [4.69, 9.17) is 4.74 Å². The number of hydrogen-bond donors (Lipinski definition) is 0.